The molecule has 2 unspecified atom stereocenters. The van der Waals surface area contributed by atoms with Crippen LogP contribution in [0.1, 0.15) is 141 Å². The van der Waals surface area contributed by atoms with E-state index in [-0.39, 0.29) is 44.1 Å². The van der Waals surface area contributed by atoms with Crippen LogP contribution in [0.5, 0.6) is 0 Å². The lowest BCUT2D eigenvalue weighted by Crippen LogP contribution is -2.76. The third kappa shape index (κ3) is 3.12. The fraction of sp³-hybridized carbons (Fsp3) is 0.714. The number of carbonyl (C=O) groups is 2. The van der Waals surface area contributed by atoms with Gasteiger partial charge in [0.1, 0.15) is 23.1 Å². The first-order chi connectivity index (χ1) is 22.6. The fourth-order valence-electron chi connectivity index (χ4n) is 15.7. The lowest BCUT2D eigenvalue weighted by molar-refractivity contribution is -0.227. The van der Waals surface area contributed by atoms with E-state index in [4.69, 9.17) is 8.83 Å². The number of Topliss-reactive ketones (excluding diaryl/α,β-unsaturated/α-hetero) is 2. The summed E-state index contributed by atoms with van der Waals surface area (Å²) in [6.07, 6.45) is 13.8. The van der Waals surface area contributed by atoms with Crippen molar-refractivity contribution in [3.63, 3.8) is 0 Å². The lowest BCUT2D eigenvalue weighted by atomic mass is 9.27. The van der Waals surface area contributed by atoms with E-state index in [1.54, 1.807) is 0 Å². The first-order valence-corrected chi connectivity index (χ1v) is 18.9. The van der Waals surface area contributed by atoms with Gasteiger partial charge in [0.25, 0.3) is 0 Å². The Bertz CT molecular complexity index is 1770. The summed E-state index contributed by atoms with van der Waals surface area (Å²) < 4.78 is 13.0. The SMILES string of the molecule is CC1(C)CCC[C@@]2(C)C1CCC(=O)[C@@]21Cc2c(occc2=O)C12CC1(C2)c2occc(=O)c2C[C@@]12C(=O)CCC1C(C)(C)CCC[C@@]12C. The summed E-state index contributed by atoms with van der Waals surface area (Å²) in [4.78, 5) is 57.8. The standard InChI is InChI=1S/C42H52O6/c1-35(2)15-7-17-37(5)29(35)9-11-31(45)41(37)21-25-27(43)13-19-47-33(25)39(41)23-40(24-39)34-26(28(44)14-20-48-34)22-42(40)32(46)12-10-30-36(3,4)16-8-18-38(30,42)6/h13-14,19-20,29-30H,7-12,15-18,21-24H2,1-6H3/t29?,30?,37-,38-,39?,40?,41-,42-/m0/s1. The van der Waals surface area contributed by atoms with Gasteiger partial charge in [0.15, 0.2) is 10.9 Å². The molecular weight excluding hydrogens is 600 g/mol. The van der Waals surface area contributed by atoms with Gasteiger partial charge in [0, 0.05) is 46.9 Å². The summed E-state index contributed by atoms with van der Waals surface area (Å²) in [5.41, 5.74) is -2.47. The molecule has 5 saturated carbocycles. The van der Waals surface area contributed by atoms with Crippen molar-refractivity contribution >= 4 is 11.6 Å². The van der Waals surface area contributed by atoms with E-state index < -0.39 is 21.7 Å². The topological polar surface area (TPSA) is 94.6 Å². The fourth-order valence-corrected chi connectivity index (χ4v) is 15.7. The maximum atomic E-state index is 15.1. The van der Waals surface area contributed by atoms with Gasteiger partial charge in [-0.3, -0.25) is 19.2 Å². The maximum absolute atomic E-state index is 15.1. The van der Waals surface area contributed by atoms with Gasteiger partial charge in [-0.25, -0.2) is 0 Å². The van der Waals surface area contributed by atoms with Crippen molar-refractivity contribution in [2.45, 2.75) is 142 Å². The van der Waals surface area contributed by atoms with Crippen LogP contribution in [-0.2, 0) is 33.3 Å². The zero-order valence-corrected chi connectivity index (χ0v) is 29.8. The second-order valence-corrected chi connectivity index (χ2v) is 19.4. The largest absolute Gasteiger partial charge is 0.468 e. The molecule has 2 aromatic rings. The Morgan fingerprint density at radius 2 is 0.979 bits per heavy atom. The van der Waals surface area contributed by atoms with E-state index in [9.17, 15) is 9.59 Å². The smallest absolute Gasteiger partial charge is 0.188 e. The summed E-state index contributed by atoms with van der Waals surface area (Å²) in [6.45, 7) is 14.2. The first kappa shape index (κ1) is 31.2. The van der Waals surface area contributed by atoms with Crippen LogP contribution in [-0.4, -0.2) is 11.6 Å². The minimum Gasteiger partial charge on any atom is -0.468 e. The molecule has 9 rings (SSSR count). The predicted molar refractivity (Wildman–Crippen MR) is 182 cm³/mol. The van der Waals surface area contributed by atoms with Crippen LogP contribution in [0, 0.1) is 44.3 Å². The van der Waals surface area contributed by atoms with E-state index >= 15 is 9.59 Å². The van der Waals surface area contributed by atoms with E-state index in [0.717, 1.165) is 51.4 Å². The predicted octanol–water partition coefficient (Wildman–Crippen LogP) is 8.04. The molecular formula is C42H52O6. The highest BCUT2D eigenvalue weighted by molar-refractivity contribution is 5.93. The Morgan fingerprint density at radius 1 is 0.583 bits per heavy atom. The molecule has 4 spiro atoms. The number of rotatable bonds is 0. The monoisotopic (exact) mass is 652 g/mol. The van der Waals surface area contributed by atoms with Crippen LogP contribution < -0.4 is 10.9 Å². The van der Waals surface area contributed by atoms with Crippen LogP contribution in [0.3, 0.4) is 0 Å². The third-order valence-electron chi connectivity index (χ3n) is 17.2. The third-order valence-corrected chi connectivity index (χ3v) is 17.2. The molecule has 0 aromatic carbocycles. The Labute approximate surface area is 283 Å². The van der Waals surface area contributed by atoms with Crippen molar-refractivity contribution in [2.24, 2.45) is 44.3 Å². The summed E-state index contributed by atoms with van der Waals surface area (Å²) >= 11 is 0. The molecule has 6 heteroatoms. The number of hydrogen-bond acceptors (Lipinski definition) is 6. The molecule has 7 aliphatic carbocycles. The average molecular weight is 653 g/mol. The highest BCUT2D eigenvalue weighted by Gasteiger charge is 2.86. The van der Waals surface area contributed by atoms with Crippen LogP contribution in [0.2, 0.25) is 0 Å². The summed E-state index contributed by atoms with van der Waals surface area (Å²) in [6, 6.07) is 3.04. The minimum absolute atomic E-state index is 0.0510. The second kappa shape index (κ2) is 9.12. The second-order valence-electron chi connectivity index (χ2n) is 19.4. The van der Waals surface area contributed by atoms with Crippen LogP contribution >= 0.6 is 0 Å². The molecule has 2 aromatic heterocycles. The molecule has 0 N–H and O–H groups in total. The lowest BCUT2D eigenvalue weighted by Gasteiger charge is -2.74. The number of ketones is 2. The summed E-state index contributed by atoms with van der Waals surface area (Å²) in [5.74, 6) is 2.53. The molecule has 5 fully saturated rings. The quantitative estimate of drug-likeness (QED) is 0.286. The molecule has 0 amide bonds. The molecule has 0 saturated heterocycles. The highest BCUT2D eigenvalue weighted by Crippen LogP contribution is 2.84. The van der Waals surface area contributed by atoms with E-state index in [0.29, 0.717) is 73.0 Å². The van der Waals surface area contributed by atoms with Crippen molar-refractivity contribution in [3.05, 3.63) is 67.8 Å². The van der Waals surface area contributed by atoms with Crippen molar-refractivity contribution in [1.82, 2.24) is 0 Å². The average Bonchev–Trinajstić information content (AvgIpc) is 3.48. The minimum atomic E-state index is -0.818. The number of carbonyl (C=O) groups excluding carboxylic acids is 2. The van der Waals surface area contributed by atoms with Gasteiger partial charge >= 0.3 is 0 Å². The normalized spacial score (nSPS) is 44.8. The van der Waals surface area contributed by atoms with Gasteiger partial charge in [-0.15, -0.1) is 0 Å². The van der Waals surface area contributed by atoms with Crippen molar-refractivity contribution in [2.75, 3.05) is 0 Å². The van der Waals surface area contributed by atoms with Gasteiger partial charge in [-0.1, -0.05) is 54.4 Å². The Morgan fingerprint density at radius 3 is 1.38 bits per heavy atom. The van der Waals surface area contributed by atoms with Crippen LogP contribution in [0.4, 0.5) is 0 Å². The maximum Gasteiger partial charge on any atom is 0.188 e. The van der Waals surface area contributed by atoms with Gasteiger partial charge in [-0.2, -0.15) is 0 Å². The molecule has 7 aliphatic rings. The number of fused-ring (bicyclic) bond motifs is 10. The highest BCUT2D eigenvalue weighted by atomic mass is 16.3. The van der Waals surface area contributed by atoms with Gasteiger partial charge in [0.05, 0.1) is 23.4 Å². The molecule has 48 heavy (non-hydrogen) atoms. The molecule has 0 bridgehead atoms. The van der Waals surface area contributed by atoms with Gasteiger partial charge < -0.3 is 8.83 Å². The summed E-state index contributed by atoms with van der Waals surface area (Å²) in [5, 5.41) is 0. The van der Waals surface area contributed by atoms with Crippen molar-refractivity contribution < 1.29 is 18.4 Å². The van der Waals surface area contributed by atoms with Crippen LogP contribution in [0.25, 0.3) is 0 Å². The molecule has 6 nitrogen and oxygen atoms in total. The molecule has 2 heterocycles. The van der Waals surface area contributed by atoms with Crippen molar-refractivity contribution in [1.29, 1.82) is 0 Å². The zero-order valence-electron chi connectivity index (χ0n) is 29.8. The Hall–Kier alpha value is -2.76. The summed E-state index contributed by atoms with van der Waals surface area (Å²) in [7, 11) is 0. The molecule has 0 radical (unpaired) electrons. The molecule has 0 aliphatic heterocycles. The van der Waals surface area contributed by atoms with E-state index in [1.807, 2.05) is 0 Å². The zero-order chi connectivity index (χ0) is 33.9. The Balaban J connectivity index is 1.32. The van der Waals surface area contributed by atoms with Crippen molar-refractivity contribution in [3.8, 4) is 0 Å². The van der Waals surface area contributed by atoms with Crippen LogP contribution in [0.15, 0.2) is 43.1 Å². The van der Waals surface area contributed by atoms with E-state index in [2.05, 4.69) is 41.5 Å². The molecule has 256 valence electrons. The van der Waals surface area contributed by atoms with Gasteiger partial charge in [-0.05, 0) is 97.7 Å². The molecule has 6 atom stereocenters. The van der Waals surface area contributed by atoms with Gasteiger partial charge in [0.2, 0.25) is 0 Å². The van der Waals surface area contributed by atoms with E-state index in [1.165, 1.54) is 24.7 Å². The Kier molecular flexibility index (Phi) is 5.93. The number of hydrogen-bond donors (Lipinski definition) is 0. The first-order valence-electron chi connectivity index (χ1n) is 18.9.